The van der Waals surface area contributed by atoms with Gasteiger partial charge < -0.3 is 20.1 Å². The standard InChI is InChI=1S/C19H30N2O3/c1-5-24-18(22)13-20-15-10-16(12-19(2,3)11-15)21-14-6-8-17(23-4)9-7-14/h6-9,15-16,20-21H,5,10-13H2,1-4H3. The van der Waals surface area contributed by atoms with E-state index in [0.717, 1.165) is 30.7 Å². The second-order valence-electron chi connectivity index (χ2n) is 7.26. The van der Waals surface area contributed by atoms with Crippen molar-refractivity contribution in [3.8, 4) is 5.75 Å². The van der Waals surface area contributed by atoms with Gasteiger partial charge in [0.1, 0.15) is 5.75 Å². The van der Waals surface area contributed by atoms with Gasteiger partial charge in [-0.3, -0.25) is 4.79 Å². The van der Waals surface area contributed by atoms with E-state index in [1.165, 1.54) is 0 Å². The highest BCUT2D eigenvalue weighted by molar-refractivity contribution is 5.71. The van der Waals surface area contributed by atoms with E-state index in [1.807, 2.05) is 31.2 Å². The van der Waals surface area contributed by atoms with Gasteiger partial charge in [-0.05, 0) is 55.9 Å². The largest absolute Gasteiger partial charge is 0.497 e. The summed E-state index contributed by atoms with van der Waals surface area (Å²) in [6.07, 6.45) is 3.17. The third-order valence-electron chi connectivity index (χ3n) is 4.47. The molecule has 2 rings (SSSR count). The molecule has 2 N–H and O–H groups in total. The summed E-state index contributed by atoms with van der Waals surface area (Å²) >= 11 is 0. The molecule has 1 aliphatic rings. The summed E-state index contributed by atoms with van der Waals surface area (Å²) in [5.41, 5.74) is 1.33. The molecule has 0 radical (unpaired) electrons. The third-order valence-corrected chi connectivity index (χ3v) is 4.47. The maximum absolute atomic E-state index is 11.6. The summed E-state index contributed by atoms with van der Waals surface area (Å²) in [5.74, 6) is 0.680. The van der Waals surface area contributed by atoms with E-state index in [1.54, 1.807) is 7.11 Å². The smallest absolute Gasteiger partial charge is 0.319 e. The van der Waals surface area contributed by atoms with Crippen molar-refractivity contribution in [1.82, 2.24) is 5.32 Å². The molecule has 0 heterocycles. The zero-order chi connectivity index (χ0) is 17.6. The maximum atomic E-state index is 11.6. The van der Waals surface area contributed by atoms with Gasteiger partial charge in [0.15, 0.2) is 0 Å². The number of hydrogen-bond donors (Lipinski definition) is 2. The second kappa shape index (κ2) is 8.38. The van der Waals surface area contributed by atoms with Gasteiger partial charge in [-0.25, -0.2) is 0 Å². The highest BCUT2D eigenvalue weighted by atomic mass is 16.5. The van der Waals surface area contributed by atoms with Crippen molar-refractivity contribution in [1.29, 1.82) is 0 Å². The van der Waals surface area contributed by atoms with Gasteiger partial charge in [0.25, 0.3) is 0 Å². The van der Waals surface area contributed by atoms with Crippen LogP contribution in [0.4, 0.5) is 5.69 Å². The SMILES string of the molecule is CCOC(=O)CNC1CC(Nc2ccc(OC)cc2)CC(C)(C)C1. The summed E-state index contributed by atoms with van der Waals surface area (Å²) in [6.45, 7) is 7.11. The Bertz CT molecular complexity index is 528. The van der Waals surface area contributed by atoms with Gasteiger partial charge in [-0.1, -0.05) is 13.8 Å². The molecule has 1 aliphatic carbocycles. The number of carbonyl (C=O) groups excluding carboxylic acids is 1. The Morgan fingerprint density at radius 3 is 2.50 bits per heavy atom. The number of ether oxygens (including phenoxy) is 2. The maximum Gasteiger partial charge on any atom is 0.319 e. The molecule has 24 heavy (non-hydrogen) atoms. The van der Waals surface area contributed by atoms with Crippen molar-refractivity contribution < 1.29 is 14.3 Å². The molecule has 0 spiro atoms. The van der Waals surface area contributed by atoms with Crippen LogP contribution in [0, 0.1) is 5.41 Å². The lowest BCUT2D eigenvalue weighted by Crippen LogP contribution is -2.46. The van der Waals surface area contributed by atoms with Crippen LogP contribution >= 0.6 is 0 Å². The van der Waals surface area contributed by atoms with E-state index in [2.05, 4.69) is 24.5 Å². The van der Waals surface area contributed by atoms with Crippen LogP contribution in [-0.4, -0.2) is 38.3 Å². The van der Waals surface area contributed by atoms with Gasteiger partial charge in [0.05, 0.1) is 20.3 Å². The average Bonchev–Trinajstić information content (AvgIpc) is 2.52. The molecular weight excluding hydrogens is 304 g/mol. The molecule has 0 amide bonds. The molecule has 5 heteroatoms. The Morgan fingerprint density at radius 2 is 1.88 bits per heavy atom. The molecule has 1 fully saturated rings. The Morgan fingerprint density at radius 1 is 1.21 bits per heavy atom. The first-order valence-corrected chi connectivity index (χ1v) is 8.71. The molecule has 2 unspecified atom stereocenters. The Hall–Kier alpha value is -1.75. The molecular formula is C19H30N2O3. The van der Waals surface area contributed by atoms with E-state index >= 15 is 0 Å². The molecule has 2 atom stereocenters. The van der Waals surface area contributed by atoms with E-state index in [0.29, 0.717) is 18.7 Å². The molecule has 134 valence electrons. The first-order valence-electron chi connectivity index (χ1n) is 8.71. The minimum Gasteiger partial charge on any atom is -0.497 e. The van der Waals surface area contributed by atoms with Crippen LogP contribution in [0.1, 0.15) is 40.0 Å². The van der Waals surface area contributed by atoms with Crippen molar-refractivity contribution in [2.75, 3.05) is 25.6 Å². The van der Waals surface area contributed by atoms with Crippen LogP contribution in [0.15, 0.2) is 24.3 Å². The minimum absolute atomic E-state index is 0.180. The molecule has 0 bridgehead atoms. The van der Waals surface area contributed by atoms with Crippen molar-refractivity contribution >= 4 is 11.7 Å². The van der Waals surface area contributed by atoms with E-state index in [4.69, 9.17) is 9.47 Å². The molecule has 1 aromatic carbocycles. The lowest BCUT2D eigenvalue weighted by Gasteiger charge is -2.41. The van der Waals surface area contributed by atoms with Crippen molar-refractivity contribution in [2.24, 2.45) is 5.41 Å². The first-order chi connectivity index (χ1) is 11.4. The van der Waals surface area contributed by atoms with Crippen LogP contribution in [0.2, 0.25) is 0 Å². The fourth-order valence-electron chi connectivity index (χ4n) is 3.56. The van der Waals surface area contributed by atoms with Crippen LogP contribution in [-0.2, 0) is 9.53 Å². The number of benzene rings is 1. The fraction of sp³-hybridized carbons (Fsp3) is 0.632. The zero-order valence-corrected chi connectivity index (χ0v) is 15.2. The summed E-state index contributed by atoms with van der Waals surface area (Å²) in [4.78, 5) is 11.6. The second-order valence-corrected chi connectivity index (χ2v) is 7.26. The molecule has 5 nitrogen and oxygen atoms in total. The van der Waals surface area contributed by atoms with Gasteiger partial charge in [0, 0.05) is 17.8 Å². The number of anilines is 1. The van der Waals surface area contributed by atoms with Crippen molar-refractivity contribution in [2.45, 2.75) is 52.1 Å². The normalized spacial score (nSPS) is 22.7. The summed E-state index contributed by atoms with van der Waals surface area (Å²) < 4.78 is 10.2. The summed E-state index contributed by atoms with van der Waals surface area (Å²) in [7, 11) is 1.67. The molecule has 0 aromatic heterocycles. The molecule has 1 aromatic rings. The number of methoxy groups -OCH3 is 1. The lowest BCUT2D eigenvalue weighted by atomic mass is 9.72. The molecule has 0 aliphatic heterocycles. The first kappa shape index (κ1) is 18.6. The average molecular weight is 334 g/mol. The minimum atomic E-state index is -0.180. The lowest BCUT2D eigenvalue weighted by molar-refractivity contribution is -0.142. The van der Waals surface area contributed by atoms with Crippen LogP contribution in [0.3, 0.4) is 0 Å². The van der Waals surface area contributed by atoms with E-state index in [-0.39, 0.29) is 17.9 Å². The Balaban J connectivity index is 1.92. The Kier molecular flexibility index (Phi) is 6.49. The van der Waals surface area contributed by atoms with Crippen molar-refractivity contribution in [3.63, 3.8) is 0 Å². The number of esters is 1. The van der Waals surface area contributed by atoms with Crippen LogP contribution < -0.4 is 15.4 Å². The fourth-order valence-corrected chi connectivity index (χ4v) is 3.56. The third kappa shape index (κ3) is 5.71. The highest BCUT2D eigenvalue weighted by Crippen LogP contribution is 2.36. The van der Waals surface area contributed by atoms with E-state index < -0.39 is 0 Å². The topological polar surface area (TPSA) is 59.6 Å². The van der Waals surface area contributed by atoms with E-state index in [9.17, 15) is 4.79 Å². The van der Waals surface area contributed by atoms with Crippen molar-refractivity contribution in [3.05, 3.63) is 24.3 Å². The predicted molar refractivity (Wildman–Crippen MR) is 96.5 cm³/mol. The van der Waals surface area contributed by atoms with Gasteiger partial charge in [-0.15, -0.1) is 0 Å². The number of rotatable bonds is 7. The predicted octanol–water partition coefficient (Wildman–Crippen LogP) is 3.21. The number of nitrogens with one attached hydrogen (secondary N) is 2. The van der Waals surface area contributed by atoms with Crippen LogP contribution in [0.5, 0.6) is 5.75 Å². The monoisotopic (exact) mass is 334 g/mol. The number of carbonyl (C=O) groups is 1. The van der Waals surface area contributed by atoms with Gasteiger partial charge >= 0.3 is 5.97 Å². The number of hydrogen-bond acceptors (Lipinski definition) is 5. The molecule has 1 saturated carbocycles. The Labute approximate surface area is 145 Å². The summed E-state index contributed by atoms with van der Waals surface area (Å²) in [6, 6.07) is 8.71. The van der Waals surface area contributed by atoms with Crippen LogP contribution in [0.25, 0.3) is 0 Å². The zero-order valence-electron chi connectivity index (χ0n) is 15.2. The molecule has 0 saturated heterocycles. The van der Waals surface area contributed by atoms with Gasteiger partial charge in [0.2, 0.25) is 0 Å². The highest BCUT2D eigenvalue weighted by Gasteiger charge is 2.34. The quantitative estimate of drug-likeness (QED) is 0.750. The van der Waals surface area contributed by atoms with Gasteiger partial charge in [-0.2, -0.15) is 0 Å². The summed E-state index contributed by atoms with van der Waals surface area (Å²) in [5, 5.41) is 6.98.